The highest BCUT2D eigenvalue weighted by molar-refractivity contribution is 9.11. The molecule has 2 aliphatic heterocycles. The van der Waals surface area contributed by atoms with Crippen molar-refractivity contribution in [1.82, 2.24) is 14.8 Å². The lowest BCUT2D eigenvalue weighted by Crippen LogP contribution is -2.48. The molecule has 1 aromatic carbocycles. The van der Waals surface area contributed by atoms with E-state index < -0.39 is 0 Å². The van der Waals surface area contributed by atoms with E-state index in [4.69, 9.17) is 9.47 Å². The van der Waals surface area contributed by atoms with Gasteiger partial charge in [0, 0.05) is 37.6 Å². The van der Waals surface area contributed by atoms with Crippen LogP contribution in [-0.2, 0) is 6.54 Å². The molecule has 1 saturated heterocycles. The van der Waals surface area contributed by atoms with Crippen LogP contribution in [0, 0.1) is 0 Å². The highest BCUT2D eigenvalue weighted by Gasteiger charge is 2.27. The summed E-state index contributed by atoms with van der Waals surface area (Å²) in [4.78, 5) is 22.7. The maximum absolute atomic E-state index is 12.9. The van der Waals surface area contributed by atoms with E-state index in [9.17, 15) is 4.79 Å². The predicted molar refractivity (Wildman–Crippen MR) is 108 cm³/mol. The Morgan fingerprint density at radius 1 is 1.22 bits per heavy atom. The number of aromatic nitrogens is 1. The quantitative estimate of drug-likeness (QED) is 0.708. The molecule has 27 heavy (non-hydrogen) atoms. The first-order valence-corrected chi connectivity index (χ1v) is 10.7. The first-order valence-electron chi connectivity index (χ1n) is 9.07. The molecule has 0 bridgehead atoms. The molecule has 0 radical (unpaired) electrons. The molecule has 1 amide bonds. The number of hydrogen-bond acceptors (Lipinski definition) is 6. The number of carbonyl (C=O) groups excluding carboxylic acids is 1. The van der Waals surface area contributed by atoms with E-state index in [1.165, 1.54) is 5.56 Å². The lowest BCUT2D eigenvalue weighted by molar-refractivity contribution is 0.0622. The maximum Gasteiger partial charge on any atom is 0.273 e. The summed E-state index contributed by atoms with van der Waals surface area (Å²) < 4.78 is 11.6. The second kappa shape index (κ2) is 7.77. The molecule has 4 rings (SSSR count). The van der Waals surface area contributed by atoms with Gasteiger partial charge in [-0.05, 0) is 39.5 Å². The second-order valence-electron chi connectivity index (χ2n) is 7.09. The lowest BCUT2D eigenvalue weighted by Gasteiger charge is -2.34. The molecule has 2 aromatic rings. The Labute approximate surface area is 171 Å². The topological polar surface area (TPSA) is 54.9 Å². The number of halogens is 1. The van der Waals surface area contributed by atoms with E-state index in [0.717, 1.165) is 53.0 Å². The molecule has 0 saturated carbocycles. The molecular formula is C19H22BrN3O3S. The van der Waals surface area contributed by atoms with Crippen LogP contribution in [0.5, 0.6) is 11.5 Å². The number of amides is 1. The zero-order chi connectivity index (χ0) is 19.0. The molecule has 8 heteroatoms. The van der Waals surface area contributed by atoms with Crippen molar-refractivity contribution < 1.29 is 14.3 Å². The molecule has 0 N–H and O–H groups in total. The zero-order valence-electron chi connectivity index (χ0n) is 15.4. The van der Waals surface area contributed by atoms with Crippen LogP contribution >= 0.6 is 27.3 Å². The SMILES string of the molecule is CC(C)c1sc(Br)nc1C(=O)N1CCN(Cc2ccc3c(c2)OCO3)CC1. The van der Waals surface area contributed by atoms with Gasteiger partial charge < -0.3 is 14.4 Å². The minimum atomic E-state index is 0.0448. The van der Waals surface area contributed by atoms with Gasteiger partial charge >= 0.3 is 0 Å². The Bertz CT molecular complexity index is 847. The van der Waals surface area contributed by atoms with Crippen molar-refractivity contribution >= 4 is 33.2 Å². The van der Waals surface area contributed by atoms with Crippen LogP contribution in [0.1, 0.15) is 40.7 Å². The summed E-state index contributed by atoms with van der Waals surface area (Å²) >= 11 is 4.97. The average Bonchev–Trinajstić information content (AvgIpc) is 3.27. The number of benzene rings is 1. The number of nitrogens with zero attached hydrogens (tertiary/aromatic N) is 3. The Morgan fingerprint density at radius 2 is 1.96 bits per heavy atom. The van der Waals surface area contributed by atoms with Crippen molar-refractivity contribution in [2.75, 3.05) is 33.0 Å². The zero-order valence-corrected chi connectivity index (χ0v) is 17.8. The van der Waals surface area contributed by atoms with Crippen molar-refractivity contribution in [2.45, 2.75) is 26.3 Å². The molecule has 1 aromatic heterocycles. The molecule has 2 aliphatic rings. The standard InChI is InChI=1S/C19H22BrN3O3S/c1-12(2)17-16(21-19(20)27-17)18(24)23-7-5-22(6-8-23)10-13-3-4-14-15(9-13)26-11-25-14/h3-4,9,12H,5-8,10-11H2,1-2H3. The number of hydrogen-bond donors (Lipinski definition) is 0. The Hall–Kier alpha value is -1.64. The highest BCUT2D eigenvalue weighted by Crippen LogP contribution is 2.33. The van der Waals surface area contributed by atoms with Gasteiger partial charge in [0.25, 0.3) is 5.91 Å². The first-order chi connectivity index (χ1) is 13.0. The van der Waals surface area contributed by atoms with Crippen molar-refractivity contribution in [2.24, 2.45) is 0 Å². The Balaban J connectivity index is 1.37. The summed E-state index contributed by atoms with van der Waals surface area (Å²) in [6.45, 7) is 8.47. The molecular weight excluding hydrogens is 430 g/mol. The monoisotopic (exact) mass is 451 g/mol. The summed E-state index contributed by atoms with van der Waals surface area (Å²) in [7, 11) is 0. The van der Waals surface area contributed by atoms with Gasteiger partial charge in [-0.15, -0.1) is 11.3 Å². The van der Waals surface area contributed by atoms with Crippen LogP contribution in [0.2, 0.25) is 0 Å². The van der Waals surface area contributed by atoms with E-state index >= 15 is 0 Å². The van der Waals surface area contributed by atoms with Gasteiger partial charge in [0.15, 0.2) is 15.4 Å². The number of fused-ring (bicyclic) bond motifs is 1. The smallest absolute Gasteiger partial charge is 0.273 e. The molecule has 144 valence electrons. The van der Waals surface area contributed by atoms with E-state index in [1.54, 1.807) is 11.3 Å². The van der Waals surface area contributed by atoms with Gasteiger partial charge in [0.2, 0.25) is 6.79 Å². The first kappa shape index (κ1) is 18.7. The van der Waals surface area contributed by atoms with E-state index in [2.05, 4.69) is 45.7 Å². The average molecular weight is 452 g/mol. The molecule has 6 nitrogen and oxygen atoms in total. The Kier molecular flexibility index (Phi) is 5.39. The van der Waals surface area contributed by atoms with Gasteiger partial charge in [-0.2, -0.15) is 0 Å². The van der Waals surface area contributed by atoms with E-state index in [1.807, 2.05) is 17.0 Å². The van der Waals surface area contributed by atoms with Gasteiger partial charge in [0.05, 0.1) is 0 Å². The highest BCUT2D eigenvalue weighted by atomic mass is 79.9. The number of carbonyl (C=O) groups is 1. The fourth-order valence-corrected chi connectivity index (χ4v) is 4.89. The van der Waals surface area contributed by atoms with Gasteiger partial charge in [-0.3, -0.25) is 9.69 Å². The van der Waals surface area contributed by atoms with Gasteiger partial charge in [-0.25, -0.2) is 4.98 Å². The summed E-state index contributed by atoms with van der Waals surface area (Å²) in [6.07, 6.45) is 0. The van der Waals surface area contributed by atoms with Crippen LogP contribution < -0.4 is 9.47 Å². The molecule has 0 spiro atoms. The third-order valence-electron chi connectivity index (χ3n) is 4.86. The third-order valence-corrected chi connectivity index (χ3v) is 6.66. The fraction of sp³-hybridized carbons (Fsp3) is 0.474. The summed E-state index contributed by atoms with van der Waals surface area (Å²) in [5.41, 5.74) is 1.80. The van der Waals surface area contributed by atoms with Crippen LogP contribution in [0.4, 0.5) is 0 Å². The lowest BCUT2D eigenvalue weighted by atomic mass is 10.1. The molecule has 1 fully saturated rings. The Morgan fingerprint density at radius 3 is 2.70 bits per heavy atom. The molecule has 3 heterocycles. The minimum Gasteiger partial charge on any atom is -0.454 e. The van der Waals surface area contributed by atoms with E-state index in [0.29, 0.717) is 18.4 Å². The summed E-state index contributed by atoms with van der Waals surface area (Å²) in [6, 6.07) is 6.08. The van der Waals surface area contributed by atoms with Crippen molar-refractivity contribution in [3.8, 4) is 11.5 Å². The minimum absolute atomic E-state index is 0.0448. The van der Waals surface area contributed by atoms with Gasteiger partial charge in [0.1, 0.15) is 5.69 Å². The normalized spacial score (nSPS) is 17.0. The fourth-order valence-electron chi connectivity index (χ4n) is 3.41. The van der Waals surface area contributed by atoms with Crippen molar-refractivity contribution in [3.05, 3.63) is 38.3 Å². The third kappa shape index (κ3) is 3.97. The van der Waals surface area contributed by atoms with Crippen LogP contribution in [0.25, 0.3) is 0 Å². The number of thiazole rings is 1. The largest absolute Gasteiger partial charge is 0.454 e. The molecule has 0 aliphatic carbocycles. The number of rotatable bonds is 4. The molecule has 0 atom stereocenters. The van der Waals surface area contributed by atoms with E-state index in [-0.39, 0.29) is 5.91 Å². The summed E-state index contributed by atoms with van der Waals surface area (Å²) in [5.74, 6) is 1.96. The van der Waals surface area contributed by atoms with Gasteiger partial charge in [-0.1, -0.05) is 19.9 Å². The van der Waals surface area contributed by atoms with Crippen LogP contribution in [-0.4, -0.2) is 53.7 Å². The second-order valence-corrected chi connectivity index (χ2v) is 9.40. The summed E-state index contributed by atoms with van der Waals surface area (Å²) in [5, 5.41) is 0. The maximum atomic E-state index is 12.9. The number of piperazine rings is 1. The van der Waals surface area contributed by atoms with Crippen LogP contribution in [0.3, 0.4) is 0 Å². The number of ether oxygens (including phenoxy) is 2. The van der Waals surface area contributed by atoms with Crippen LogP contribution in [0.15, 0.2) is 22.1 Å². The molecule has 0 unspecified atom stereocenters. The predicted octanol–water partition coefficient (Wildman–Crippen LogP) is 3.72. The van der Waals surface area contributed by atoms with Crippen molar-refractivity contribution in [1.29, 1.82) is 0 Å². The van der Waals surface area contributed by atoms with Crippen molar-refractivity contribution in [3.63, 3.8) is 0 Å².